The van der Waals surface area contributed by atoms with Crippen LogP contribution in [0.2, 0.25) is 0 Å². The third kappa shape index (κ3) is 2.39. The normalized spacial score (nSPS) is 9.47. The number of rotatable bonds is 2. The van der Waals surface area contributed by atoms with Gasteiger partial charge in [-0.15, -0.1) is 0 Å². The highest BCUT2D eigenvalue weighted by molar-refractivity contribution is 5.66. The Labute approximate surface area is 83.4 Å². The van der Waals surface area contributed by atoms with E-state index in [1.807, 2.05) is 0 Å². The number of hydrogen-bond acceptors (Lipinski definition) is 5. The second-order valence-corrected chi connectivity index (χ2v) is 2.40. The van der Waals surface area contributed by atoms with Crippen molar-refractivity contribution in [2.24, 2.45) is 0 Å². The molecular formula is C8H6FNO5. The van der Waals surface area contributed by atoms with E-state index in [-0.39, 0.29) is 0 Å². The number of carbonyl (C=O) groups is 1. The van der Waals surface area contributed by atoms with Crippen molar-refractivity contribution < 1.29 is 23.6 Å². The molecule has 0 aliphatic carbocycles. The Morgan fingerprint density at radius 1 is 1.53 bits per heavy atom. The van der Waals surface area contributed by atoms with E-state index in [9.17, 15) is 19.3 Å². The van der Waals surface area contributed by atoms with Crippen LogP contribution in [-0.2, 0) is 4.74 Å². The van der Waals surface area contributed by atoms with Crippen LogP contribution in [0.3, 0.4) is 0 Å². The summed E-state index contributed by atoms with van der Waals surface area (Å²) in [6.45, 7) is 0. The largest absolute Gasteiger partial charge is 0.513 e. The van der Waals surface area contributed by atoms with E-state index >= 15 is 0 Å². The molecule has 15 heavy (non-hydrogen) atoms. The number of hydrogen-bond donors (Lipinski definition) is 0. The van der Waals surface area contributed by atoms with Crippen LogP contribution < -0.4 is 4.74 Å². The summed E-state index contributed by atoms with van der Waals surface area (Å²) in [6, 6.07) is 3.17. The minimum atomic E-state index is -1.15. The number of nitrogens with zero attached hydrogens (tertiary/aromatic N) is 1. The maximum atomic E-state index is 13.0. The van der Waals surface area contributed by atoms with Gasteiger partial charge in [0.25, 0.3) is 0 Å². The van der Waals surface area contributed by atoms with Gasteiger partial charge in [-0.25, -0.2) is 4.79 Å². The van der Waals surface area contributed by atoms with E-state index in [0.29, 0.717) is 0 Å². The molecule has 0 fully saturated rings. The first-order valence-corrected chi connectivity index (χ1v) is 3.75. The van der Waals surface area contributed by atoms with Crippen molar-refractivity contribution in [3.63, 3.8) is 0 Å². The van der Waals surface area contributed by atoms with Gasteiger partial charge < -0.3 is 9.47 Å². The number of nitro groups is 1. The molecule has 1 aromatic carbocycles. The van der Waals surface area contributed by atoms with Crippen molar-refractivity contribution >= 4 is 11.8 Å². The van der Waals surface area contributed by atoms with Gasteiger partial charge >= 0.3 is 11.8 Å². The summed E-state index contributed by atoms with van der Waals surface area (Å²) in [4.78, 5) is 20.1. The summed E-state index contributed by atoms with van der Waals surface area (Å²) in [5, 5.41) is 10.4. The lowest BCUT2D eigenvalue weighted by Crippen LogP contribution is -2.09. The molecule has 0 saturated carbocycles. The minimum Gasteiger partial charge on any atom is -0.437 e. The summed E-state index contributed by atoms with van der Waals surface area (Å²) in [5.41, 5.74) is -0.900. The number of para-hydroxylation sites is 1. The number of methoxy groups -OCH3 is 1. The molecule has 0 aliphatic heterocycles. The van der Waals surface area contributed by atoms with E-state index in [1.165, 1.54) is 6.07 Å². The van der Waals surface area contributed by atoms with E-state index < -0.39 is 28.3 Å². The zero-order valence-corrected chi connectivity index (χ0v) is 7.60. The van der Waals surface area contributed by atoms with Crippen molar-refractivity contribution in [2.75, 3.05) is 7.11 Å². The molecule has 80 valence electrons. The smallest absolute Gasteiger partial charge is 0.437 e. The maximum absolute atomic E-state index is 13.0. The van der Waals surface area contributed by atoms with Gasteiger partial charge in [0.1, 0.15) is 0 Å². The Bertz CT molecular complexity index is 406. The molecule has 0 bridgehead atoms. The van der Waals surface area contributed by atoms with Gasteiger partial charge in [0.05, 0.1) is 12.0 Å². The van der Waals surface area contributed by atoms with Crippen LogP contribution in [-0.4, -0.2) is 18.2 Å². The predicted octanol–water partition coefficient (Wildman–Crippen LogP) is 1.88. The second-order valence-electron chi connectivity index (χ2n) is 2.40. The van der Waals surface area contributed by atoms with Crippen LogP contribution >= 0.6 is 0 Å². The molecule has 0 unspecified atom stereocenters. The lowest BCUT2D eigenvalue weighted by molar-refractivity contribution is -0.388. The molecule has 0 atom stereocenters. The molecule has 1 rings (SSSR count). The van der Waals surface area contributed by atoms with Crippen LogP contribution in [0.25, 0.3) is 0 Å². The Kier molecular flexibility index (Phi) is 3.17. The fourth-order valence-electron chi connectivity index (χ4n) is 0.887. The maximum Gasteiger partial charge on any atom is 0.513 e. The summed E-state index contributed by atoms with van der Waals surface area (Å²) < 4.78 is 21.5. The SMILES string of the molecule is COC(=O)Oc1cccc(F)c1[N+](=O)[O-]. The van der Waals surface area contributed by atoms with Gasteiger partial charge in [0, 0.05) is 0 Å². The van der Waals surface area contributed by atoms with Crippen LogP contribution in [0.15, 0.2) is 18.2 Å². The highest BCUT2D eigenvalue weighted by Crippen LogP contribution is 2.29. The minimum absolute atomic E-state index is 0.494. The molecule has 7 heteroatoms. The van der Waals surface area contributed by atoms with E-state index in [4.69, 9.17) is 0 Å². The number of nitro benzene ring substituents is 1. The van der Waals surface area contributed by atoms with Gasteiger partial charge in [0.2, 0.25) is 11.6 Å². The molecule has 0 N–H and O–H groups in total. The van der Waals surface area contributed by atoms with Gasteiger partial charge in [-0.1, -0.05) is 6.07 Å². The summed E-state index contributed by atoms with van der Waals surface area (Å²) in [5.74, 6) is -1.58. The highest BCUT2D eigenvalue weighted by atomic mass is 19.1. The van der Waals surface area contributed by atoms with Gasteiger partial charge in [-0.2, -0.15) is 4.39 Å². The molecule has 0 aliphatic rings. The highest BCUT2D eigenvalue weighted by Gasteiger charge is 2.23. The van der Waals surface area contributed by atoms with Crippen LogP contribution in [0.5, 0.6) is 5.75 Å². The molecule has 0 heterocycles. The summed E-state index contributed by atoms with van der Waals surface area (Å²) >= 11 is 0. The monoisotopic (exact) mass is 215 g/mol. The Balaban J connectivity index is 3.11. The molecular weight excluding hydrogens is 209 g/mol. The van der Waals surface area contributed by atoms with E-state index in [2.05, 4.69) is 9.47 Å². The van der Waals surface area contributed by atoms with Gasteiger partial charge in [-0.3, -0.25) is 10.1 Å². The molecule has 6 nitrogen and oxygen atoms in total. The third-order valence-electron chi connectivity index (χ3n) is 1.49. The van der Waals surface area contributed by atoms with Gasteiger partial charge in [0.15, 0.2) is 0 Å². The molecule has 0 amide bonds. The fourth-order valence-corrected chi connectivity index (χ4v) is 0.887. The predicted molar refractivity (Wildman–Crippen MR) is 46.1 cm³/mol. The van der Waals surface area contributed by atoms with Gasteiger partial charge in [-0.05, 0) is 12.1 Å². The average molecular weight is 215 g/mol. The lowest BCUT2D eigenvalue weighted by atomic mass is 10.3. The number of halogens is 1. The van der Waals surface area contributed by atoms with Crippen molar-refractivity contribution in [1.82, 2.24) is 0 Å². The lowest BCUT2D eigenvalue weighted by Gasteiger charge is -2.03. The second kappa shape index (κ2) is 4.36. The van der Waals surface area contributed by atoms with Crippen LogP contribution in [0.1, 0.15) is 0 Å². The molecule has 1 aromatic rings. The number of carbonyl (C=O) groups excluding carboxylic acids is 1. The number of ether oxygens (including phenoxy) is 2. The average Bonchev–Trinajstić information content (AvgIpc) is 2.17. The molecule has 0 spiro atoms. The fraction of sp³-hybridized carbons (Fsp3) is 0.125. The Morgan fingerprint density at radius 2 is 2.20 bits per heavy atom. The topological polar surface area (TPSA) is 78.7 Å². The first-order valence-electron chi connectivity index (χ1n) is 3.75. The van der Waals surface area contributed by atoms with Crippen molar-refractivity contribution in [1.29, 1.82) is 0 Å². The standard InChI is InChI=1S/C8H6FNO5/c1-14-8(11)15-6-4-2-3-5(9)7(6)10(12)13/h2-4H,1H3. The first kappa shape index (κ1) is 10.9. The Morgan fingerprint density at radius 3 is 2.73 bits per heavy atom. The molecule has 0 radical (unpaired) electrons. The summed E-state index contributed by atoms with van der Waals surface area (Å²) in [7, 11) is 1.04. The number of benzene rings is 1. The van der Waals surface area contributed by atoms with E-state index in [0.717, 1.165) is 19.2 Å². The Hall–Kier alpha value is -2.18. The molecule has 0 saturated heterocycles. The van der Waals surface area contributed by atoms with Crippen molar-refractivity contribution in [3.8, 4) is 5.75 Å². The summed E-state index contributed by atoms with van der Waals surface area (Å²) in [6.07, 6.45) is -1.15. The van der Waals surface area contributed by atoms with Crippen molar-refractivity contribution in [2.45, 2.75) is 0 Å². The van der Waals surface area contributed by atoms with Crippen LogP contribution in [0, 0.1) is 15.9 Å². The van der Waals surface area contributed by atoms with Crippen molar-refractivity contribution in [3.05, 3.63) is 34.1 Å². The molecule has 0 aromatic heterocycles. The third-order valence-corrected chi connectivity index (χ3v) is 1.49. The quantitative estimate of drug-likeness (QED) is 0.325. The zero-order chi connectivity index (χ0) is 11.4. The van der Waals surface area contributed by atoms with E-state index in [1.54, 1.807) is 0 Å². The van der Waals surface area contributed by atoms with Crippen LogP contribution in [0.4, 0.5) is 14.9 Å². The zero-order valence-electron chi connectivity index (χ0n) is 7.60. The first-order chi connectivity index (χ1) is 7.06.